The van der Waals surface area contributed by atoms with E-state index in [-0.39, 0.29) is 0 Å². The number of rotatable bonds is 7. The highest BCUT2D eigenvalue weighted by atomic mass is 79.9. The fourth-order valence-corrected chi connectivity index (χ4v) is 2.17. The van der Waals surface area contributed by atoms with Gasteiger partial charge >= 0.3 is 0 Å². The summed E-state index contributed by atoms with van der Waals surface area (Å²) in [5.41, 5.74) is 1.23. The summed E-state index contributed by atoms with van der Waals surface area (Å²) in [6.45, 7) is 6.09. The van der Waals surface area contributed by atoms with Crippen LogP contribution in [0.2, 0.25) is 0 Å². The number of hydrogen-bond acceptors (Lipinski definition) is 2. The zero-order valence-corrected chi connectivity index (χ0v) is 12.5. The second-order valence-corrected chi connectivity index (χ2v) is 5.34. The van der Waals surface area contributed by atoms with Crippen LogP contribution in [0.25, 0.3) is 0 Å². The molecular formula is C14H22BrNO. The van der Waals surface area contributed by atoms with Gasteiger partial charge in [-0.1, -0.05) is 36.2 Å². The van der Waals surface area contributed by atoms with Crippen LogP contribution in [-0.4, -0.2) is 13.7 Å². The number of halogens is 1. The first kappa shape index (κ1) is 14.5. The Bertz CT molecular complexity index is 341. The third kappa shape index (κ3) is 5.09. The maximum atomic E-state index is 5.81. The zero-order chi connectivity index (χ0) is 12.7. The van der Waals surface area contributed by atoms with Gasteiger partial charge in [0.15, 0.2) is 0 Å². The molecule has 0 saturated heterocycles. The molecule has 3 heteroatoms. The lowest BCUT2D eigenvalue weighted by Crippen LogP contribution is -2.09. The topological polar surface area (TPSA) is 21.3 Å². The molecule has 17 heavy (non-hydrogen) atoms. The van der Waals surface area contributed by atoms with E-state index in [4.69, 9.17) is 4.74 Å². The molecule has 1 aromatic carbocycles. The largest absolute Gasteiger partial charge is 0.493 e. The van der Waals surface area contributed by atoms with Gasteiger partial charge in [-0.15, -0.1) is 0 Å². The number of nitrogens with one attached hydrogen (secondary N) is 1. The average molecular weight is 300 g/mol. The minimum atomic E-state index is 0.622. The SMILES string of the molecule is CCCC(C)COc1ccc(Br)c(CNC)c1. The van der Waals surface area contributed by atoms with Gasteiger partial charge in [-0.2, -0.15) is 0 Å². The van der Waals surface area contributed by atoms with E-state index in [0.29, 0.717) is 5.92 Å². The predicted molar refractivity (Wildman–Crippen MR) is 76.5 cm³/mol. The van der Waals surface area contributed by atoms with Gasteiger partial charge in [-0.3, -0.25) is 0 Å². The molecule has 0 aliphatic carbocycles. The molecule has 0 fully saturated rings. The molecule has 1 rings (SSSR count). The summed E-state index contributed by atoms with van der Waals surface area (Å²) in [4.78, 5) is 0. The van der Waals surface area contributed by atoms with Crippen LogP contribution in [0.5, 0.6) is 5.75 Å². The van der Waals surface area contributed by atoms with E-state index >= 15 is 0 Å². The lowest BCUT2D eigenvalue weighted by Gasteiger charge is -2.13. The monoisotopic (exact) mass is 299 g/mol. The van der Waals surface area contributed by atoms with E-state index in [2.05, 4.69) is 41.2 Å². The normalized spacial score (nSPS) is 12.5. The van der Waals surface area contributed by atoms with Gasteiger partial charge in [0.1, 0.15) is 5.75 Å². The number of benzene rings is 1. The van der Waals surface area contributed by atoms with Crippen LogP contribution in [0.3, 0.4) is 0 Å². The maximum Gasteiger partial charge on any atom is 0.119 e. The number of hydrogen-bond donors (Lipinski definition) is 1. The van der Waals surface area contributed by atoms with Crippen LogP contribution in [0.4, 0.5) is 0 Å². The Labute approximate surface area is 113 Å². The van der Waals surface area contributed by atoms with Crippen LogP contribution in [0, 0.1) is 5.92 Å². The smallest absolute Gasteiger partial charge is 0.119 e. The molecule has 0 aromatic heterocycles. The highest BCUT2D eigenvalue weighted by Crippen LogP contribution is 2.23. The van der Waals surface area contributed by atoms with Gasteiger partial charge in [-0.05, 0) is 43.1 Å². The third-order valence-electron chi connectivity index (χ3n) is 2.70. The highest BCUT2D eigenvalue weighted by molar-refractivity contribution is 9.10. The molecule has 1 unspecified atom stereocenters. The first-order valence-corrected chi connectivity index (χ1v) is 7.02. The molecule has 96 valence electrons. The quantitative estimate of drug-likeness (QED) is 0.822. The van der Waals surface area contributed by atoms with Crippen molar-refractivity contribution in [3.63, 3.8) is 0 Å². The molecule has 0 aliphatic rings. The predicted octanol–water partition coefficient (Wildman–Crippen LogP) is 3.98. The van der Waals surface area contributed by atoms with Crippen molar-refractivity contribution in [2.75, 3.05) is 13.7 Å². The molecule has 0 aliphatic heterocycles. The van der Waals surface area contributed by atoms with Crippen molar-refractivity contribution in [2.24, 2.45) is 5.92 Å². The lowest BCUT2D eigenvalue weighted by atomic mass is 10.1. The standard InChI is InChI=1S/C14H22BrNO/c1-4-5-11(2)10-17-13-6-7-14(15)12(8-13)9-16-3/h6-8,11,16H,4-5,9-10H2,1-3H3. The molecule has 1 aromatic rings. The van der Waals surface area contributed by atoms with Gasteiger partial charge in [0.25, 0.3) is 0 Å². The minimum absolute atomic E-state index is 0.622. The summed E-state index contributed by atoms with van der Waals surface area (Å²) in [6, 6.07) is 6.16. The van der Waals surface area contributed by atoms with Crippen LogP contribution in [-0.2, 0) is 6.54 Å². The summed E-state index contributed by atoms with van der Waals surface area (Å²) in [7, 11) is 1.95. The van der Waals surface area contributed by atoms with E-state index in [1.165, 1.54) is 18.4 Å². The fraction of sp³-hybridized carbons (Fsp3) is 0.571. The molecule has 1 N–H and O–H groups in total. The Balaban J connectivity index is 2.56. The van der Waals surface area contributed by atoms with Crippen molar-refractivity contribution in [2.45, 2.75) is 33.2 Å². The van der Waals surface area contributed by atoms with E-state index < -0.39 is 0 Å². The Morgan fingerprint density at radius 3 is 2.82 bits per heavy atom. The first-order valence-electron chi connectivity index (χ1n) is 6.23. The zero-order valence-electron chi connectivity index (χ0n) is 10.9. The summed E-state index contributed by atoms with van der Waals surface area (Å²) in [5, 5.41) is 3.15. The Morgan fingerprint density at radius 2 is 2.18 bits per heavy atom. The van der Waals surface area contributed by atoms with Crippen LogP contribution in [0.15, 0.2) is 22.7 Å². The first-order chi connectivity index (χ1) is 8.17. The van der Waals surface area contributed by atoms with Gasteiger partial charge in [0, 0.05) is 11.0 Å². The van der Waals surface area contributed by atoms with Crippen molar-refractivity contribution in [1.82, 2.24) is 5.32 Å². The summed E-state index contributed by atoms with van der Waals surface area (Å²) < 4.78 is 6.94. The fourth-order valence-electron chi connectivity index (χ4n) is 1.78. The van der Waals surface area contributed by atoms with E-state index in [9.17, 15) is 0 Å². The Kier molecular flexibility index (Phi) is 6.60. The van der Waals surface area contributed by atoms with Gasteiger partial charge in [0.05, 0.1) is 6.61 Å². The second kappa shape index (κ2) is 7.72. The number of ether oxygens (including phenoxy) is 1. The Morgan fingerprint density at radius 1 is 1.41 bits per heavy atom. The van der Waals surface area contributed by atoms with Gasteiger partial charge < -0.3 is 10.1 Å². The molecule has 0 amide bonds. The summed E-state index contributed by atoms with van der Waals surface area (Å²) in [6.07, 6.45) is 2.44. The highest BCUT2D eigenvalue weighted by Gasteiger charge is 2.04. The van der Waals surface area contributed by atoms with E-state index in [1.807, 2.05) is 19.2 Å². The molecule has 2 nitrogen and oxygen atoms in total. The van der Waals surface area contributed by atoms with Crippen molar-refractivity contribution in [1.29, 1.82) is 0 Å². The molecule has 0 heterocycles. The second-order valence-electron chi connectivity index (χ2n) is 4.49. The maximum absolute atomic E-state index is 5.81. The molecule has 0 saturated carbocycles. The van der Waals surface area contributed by atoms with Crippen molar-refractivity contribution in [3.8, 4) is 5.75 Å². The van der Waals surface area contributed by atoms with Crippen molar-refractivity contribution >= 4 is 15.9 Å². The van der Waals surface area contributed by atoms with E-state index in [1.54, 1.807) is 0 Å². The molecule has 0 radical (unpaired) electrons. The van der Waals surface area contributed by atoms with Crippen LogP contribution < -0.4 is 10.1 Å². The van der Waals surface area contributed by atoms with Crippen molar-refractivity contribution in [3.05, 3.63) is 28.2 Å². The van der Waals surface area contributed by atoms with Crippen LogP contribution >= 0.6 is 15.9 Å². The van der Waals surface area contributed by atoms with Crippen molar-refractivity contribution < 1.29 is 4.74 Å². The van der Waals surface area contributed by atoms with Gasteiger partial charge in [-0.25, -0.2) is 0 Å². The third-order valence-corrected chi connectivity index (χ3v) is 3.47. The molecule has 1 atom stereocenters. The van der Waals surface area contributed by atoms with Crippen LogP contribution in [0.1, 0.15) is 32.3 Å². The molecular weight excluding hydrogens is 278 g/mol. The van der Waals surface area contributed by atoms with E-state index in [0.717, 1.165) is 23.4 Å². The molecule has 0 bridgehead atoms. The lowest BCUT2D eigenvalue weighted by molar-refractivity contribution is 0.251. The average Bonchev–Trinajstić information content (AvgIpc) is 2.31. The Hall–Kier alpha value is -0.540. The summed E-state index contributed by atoms with van der Waals surface area (Å²) >= 11 is 3.54. The minimum Gasteiger partial charge on any atom is -0.493 e. The summed E-state index contributed by atoms with van der Waals surface area (Å²) in [5.74, 6) is 1.58. The molecule has 0 spiro atoms. The van der Waals surface area contributed by atoms with Gasteiger partial charge in [0.2, 0.25) is 0 Å².